The Morgan fingerprint density at radius 1 is 1.21 bits per heavy atom. The molecule has 108 valence electrons. The standard InChI is InChI=1S/C16H26N2.ClH/c1-13-4-6-16(7-5-13)14(2)18(3)12-15-8-10-17-11-9-15;/h4-7,14-15,17H,8-12H2,1-3H3;1H. The summed E-state index contributed by atoms with van der Waals surface area (Å²) in [5.41, 5.74) is 2.77. The lowest BCUT2D eigenvalue weighted by molar-refractivity contribution is 0.196. The Hall–Kier alpha value is -0.570. The zero-order valence-electron chi connectivity index (χ0n) is 12.4. The summed E-state index contributed by atoms with van der Waals surface area (Å²) in [5.74, 6) is 0.865. The molecule has 2 nitrogen and oxygen atoms in total. The molecule has 1 aromatic rings. The quantitative estimate of drug-likeness (QED) is 0.910. The van der Waals surface area contributed by atoms with Crippen LogP contribution in [0.2, 0.25) is 0 Å². The molecule has 0 bridgehead atoms. The summed E-state index contributed by atoms with van der Waals surface area (Å²) in [5, 5.41) is 3.44. The van der Waals surface area contributed by atoms with Crippen LogP contribution in [-0.4, -0.2) is 31.6 Å². The van der Waals surface area contributed by atoms with Crippen molar-refractivity contribution in [2.75, 3.05) is 26.7 Å². The van der Waals surface area contributed by atoms with Crippen LogP contribution >= 0.6 is 12.4 Å². The van der Waals surface area contributed by atoms with Gasteiger partial charge in [-0.3, -0.25) is 4.90 Å². The molecule has 0 saturated carbocycles. The van der Waals surface area contributed by atoms with Crippen molar-refractivity contribution in [1.29, 1.82) is 0 Å². The van der Waals surface area contributed by atoms with Gasteiger partial charge in [0, 0.05) is 12.6 Å². The Morgan fingerprint density at radius 2 is 1.79 bits per heavy atom. The summed E-state index contributed by atoms with van der Waals surface area (Å²) in [6.45, 7) is 8.06. The number of hydrogen-bond acceptors (Lipinski definition) is 2. The van der Waals surface area contributed by atoms with E-state index in [1.807, 2.05) is 0 Å². The Morgan fingerprint density at radius 3 is 2.37 bits per heavy atom. The van der Waals surface area contributed by atoms with Crippen molar-refractivity contribution in [2.24, 2.45) is 5.92 Å². The fourth-order valence-electron chi connectivity index (χ4n) is 2.73. The molecular weight excluding hydrogens is 256 g/mol. The first-order chi connectivity index (χ1) is 8.66. The number of halogens is 1. The van der Waals surface area contributed by atoms with Gasteiger partial charge in [-0.1, -0.05) is 29.8 Å². The summed E-state index contributed by atoms with van der Waals surface area (Å²) in [6, 6.07) is 9.46. The topological polar surface area (TPSA) is 15.3 Å². The third-order valence-corrected chi connectivity index (χ3v) is 4.23. The van der Waals surface area contributed by atoms with Crippen LogP contribution in [0.3, 0.4) is 0 Å². The molecule has 0 aromatic heterocycles. The van der Waals surface area contributed by atoms with Gasteiger partial charge in [0.2, 0.25) is 0 Å². The van der Waals surface area contributed by atoms with Crippen LogP contribution in [0.25, 0.3) is 0 Å². The molecule has 0 aliphatic carbocycles. The van der Waals surface area contributed by atoms with Crippen LogP contribution in [0.5, 0.6) is 0 Å². The maximum absolute atomic E-state index is 3.44. The second-order valence-corrected chi connectivity index (χ2v) is 5.72. The zero-order valence-corrected chi connectivity index (χ0v) is 13.2. The molecule has 1 aliphatic heterocycles. The van der Waals surface area contributed by atoms with E-state index in [4.69, 9.17) is 0 Å². The highest BCUT2D eigenvalue weighted by Gasteiger charge is 2.18. The van der Waals surface area contributed by atoms with Crippen molar-refractivity contribution >= 4 is 12.4 Å². The predicted octanol–water partition coefficient (Wildman–Crippen LogP) is 3.41. The number of nitrogens with zero attached hydrogens (tertiary/aromatic N) is 1. The van der Waals surface area contributed by atoms with Crippen molar-refractivity contribution < 1.29 is 0 Å². The largest absolute Gasteiger partial charge is 0.317 e. The minimum atomic E-state index is 0. The highest BCUT2D eigenvalue weighted by molar-refractivity contribution is 5.85. The van der Waals surface area contributed by atoms with Gasteiger partial charge < -0.3 is 5.32 Å². The number of aryl methyl sites for hydroxylation is 1. The van der Waals surface area contributed by atoms with Gasteiger partial charge in [0.15, 0.2) is 0 Å². The Bertz CT molecular complexity index is 358. The van der Waals surface area contributed by atoms with E-state index in [0.29, 0.717) is 6.04 Å². The van der Waals surface area contributed by atoms with Crippen LogP contribution < -0.4 is 5.32 Å². The maximum Gasteiger partial charge on any atom is 0.0316 e. The first-order valence-corrected chi connectivity index (χ1v) is 7.14. The molecule has 2 rings (SSSR count). The van der Waals surface area contributed by atoms with Gasteiger partial charge in [-0.25, -0.2) is 0 Å². The molecule has 1 saturated heterocycles. The minimum absolute atomic E-state index is 0. The highest BCUT2D eigenvalue weighted by atomic mass is 35.5. The average Bonchev–Trinajstić information content (AvgIpc) is 2.40. The fourth-order valence-corrected chi connectivity index (χ4v) is 2.73. The third-order valence-electron chi connectivity index (χ3n) is 4.23. The van der Waals surface area contributed by atoms with Crippen LogP contribution in [0.1, 0.15) is 36.9 Å². The summed E-state index contributed by atoms with van der Waals surface area (Å²) < 4.78 is 0. The van der Waals surface area contributed by atoms with Gasteiger partial charge in [-0.05, 0) is 58.3 Å². The molecule has 0 spiro atoms. The molecular formula is C16H27ClN2. The van der Waals surface area contributed by atoms with Crippen LogP contribution in [0, 0.1) is 12.8 Å². The van der Waals surface area contributed by atoms with Crippen molar-refractivity contribution in [3.05, 3.63) is 35.4 Å². The summed E-state index contributed by atoms with van der Waals surface area (Å²) in [6.07, 6.45) is 2.65. The Labute approximate surface area is 124 Å². The van der Waals surface area contributed by atoms with Gasteiger partial charge in [-0.2, -0.15) is 0 Å². The Kier molecular flexibility index (Phi) is 6.84. The molecule has 0 amide bonds. The molecule has 1 fully saturated rings. The van der Waals surface area contributed by atoms with Crippen LogP contribution in [-0.2, 0) is 0 Å². The van der Waals surface area contributed by atoms with Crippen molar-refractivity contribution in [3.63, 3.8) is 0 Å². The second kappa shape index (κ2) is 7.88. The van der Waals surface area contributed by atoms with Crippen molar-refractivity contribution in [3.8, 4) is 0 Å². The average molecular weight is 283 g/mol. The monoisotopic (exact) mass is 282 g/mol. The van der Waals surface area contributed by atoms with Crippen molar-refractivity contribution in [1.82, 2.24) is 10.2 Å². The number of benzene rings is 1. The van der Waals surface area contributed by atoms with Crippen LogP contribution in [0.15, 0.2) is 24.3 Å². The number of rotatable bonds is 4. The van der Waals surface area contributed by atoms with Gasteiger partial charge in [-0.15, -0.1) is 12.4 Å². The minimum Gasteiger partial charge on any atom is -0.317 e. The van der Waals surface area contributed by atoms with Gasteiger partial charge in [0.05, 0.1) is 0 Å². The molecule has 1 atom stereocenters. The second-order valence-electron chi connectivity index (χ2n) is 5.72. The smallest absolute Gasteiger partial charge is 0.0316 e. The molecule has 0 radical (unpaired) electrons. The molecule has 19 heavy (non-hydrogen) atoms. The van der Waals surface area contributed by atoms with E-state index in [1.54, 1.807) is 0 Å². The third kappa shape index (κ3) is 4.79. The van der Waals surface area contributed by atoms with Gasteiger partial charge >= 0.3 is 0 Å². The van der Waals surface area contributed by atoms with E-state index in [2.05, 4.69) is 55.4 Å². The summed E-state index contributed by atoms with van der Waals surface area (Å²) >= 11 is 0. The first-order valence-electron chi connectivity index (χ1n) is 7.14. The highest BCUT2D eigenvalue weighted by Crippen LogP contribution is 2.22. The Balaban J connectivity index is 0.00000180. The molecule has 1 aliphatic rings. The molecule has 3 heteroatoms. The SMILES string of the molecule is Cc1ccc(C(C)N(C)CC2CCNCC2)cc1.Cl. The van der Waals surface area contributed by atoms with Crippen LogP contribution in [0.4, 0.5) is 0 Å². The van der Waals surface area contributed by atoms with E-state index in [0.717, 1.165) is 5.92 Å². The molecule has 1 unspecified atom stereocenters. The molecule has 1 N–H and O–H groups in total. The normalized spacial score (nSPS) is 18.1. The van der Waals surface area contributed by atoms with Gasteiger partial charge in [0.25, 0.3) is 0 Å². The summed E-state index contributed by atoms with van der Waals surface area (Å²) in [7, 11) is 2.26. The van der Waals surface area contributed by atoms with E-state index < -0.39 is 0 Å². The maximum atomic E-state index is 3.44. The van der Waals surface area contributed by atoms with E-state index in [1.165, 1.54) is 43.6 Å². The van der Waals surface area contributed by atoms with E-state index in [9.17, 15) is 0 Å². The van der Waals surface area contributed by atoms with Crippen molar-refractivity contribution in [2.45, 2.75) is 32.7 Å². The van der Waals surface area contributed by atoms with E-state index >= 15 is 0 Å². The molecule has 1 heterocycles. The first kappa shape index (κ1) is 16.5. The molecule has 1 aromatic carbocycles. The lowest BCUT2D eigenvalue weighted by Crippen LogP contribution is -2.35. The number of hydrogen-bond donors (Lipinski definition) is 1. The zero-order chi connectivity index (χ0) is 13.0. The fraction of sp³-hybridized carbons (Fsp3) is 0.625. The number of piperidine rings is 1. The van der Waals surface area contributed by atoms with Gasteiger partial charge in [0.1, 0.15) is 0 Å². The van der Waals surface area contributed by atoms with E-state index in [-0.39, 0.29) is 12.4 Å². The summed E-state index contributed by atoms with van der Waals surface area (Å²) in [4.78, 5) is 2.50. The predicted molar refractivity (Wildman–Crippen MR) is 85.1 cm³/mol. The number of nitrogens with one attached hydrogen (secondary N) is 1. The lowest BCUT2D eigenvalue weighted by atomic mass is 9.96. The lowest BCUT2D eigenvalue weighted by Gasteiger charge is -2.31.